The van der Waals surface area contributed by atoms with Crippen molar-refractivity contribution in [3.63, 3.8) is 0 Å². The van der Waals surface area contributed by atoms with E-state index in [9.17, 15) is 0 Å². The molecule has 20 heavy (non-hydrogen) atoms. The van der Waals surface area contributed by atoms with Gasteiger partial charge in [0.1, 0.15) is 0 Å². The number of hydrogen-bond acceptors (Lipinski definition) is 3. The predicted molar refractivity (Wildman–Crippen MR) is 87.9 cm³/mol. The fourth-order valence-electron chi connectivity index (χ4n) is 1.75. The average molecular weight is 301 g/mol. The highest BCUT2D eigenvalue weighted by Gasteiger charge is 2.40. The molecule has 3 nitrogen and oxygen atoms in total. The minimum Gasteiger partial charge on any atom is -0.373 e. The number of allylic oxidation sites excluding steroid dienone is 2. The predicted octanol–water partition coefficient (Wildman–Crippen LogP) is 4.73. The van der Waals surface area contributed by atoms with Crippen LogP contribution in [-0.4, -0.2) is 28.6 Å². The van der Waals surface area contributed by atoms with Gasteiger partial charge >= 0.3 is 8.80 Å². The normalized spacial score (nSPS) is 11.6. The summed E-state index contributed by atoms with van der Waals surface area (Å²) < 4.78 is 18.1. The first-order valence-electron chi connectivity index (χ1n) is 7.86. The summed E-state index contributed by atoms with van der Waals surface area (Å²) in [4.78, 5) is 0. The zero-order valence-corrected chi connectivity index (χ0v) is 14.6. The van der Waals surface area contributed by atoms with Crippen LogP contribution in [0.2, 0.25) is 6.04 Å². The van der Waals surface area contributed by atoms with Gasteiger partial charge < -0.3 is 13.3 Å². The van der Waals surface area contributed by atoms with E-state index in [1.165, 1.54) is 0 Å². The van der Waals surface area contributed by atoms with Gasteiger partial charge in [0.15, 0.2) is 0 Å². The Morgan fingerprint density at radius 2 is 1.40 bits per heavy atom. The molecule has 0 aromatic carbocycles. The van der Waals surface area contributed by atoms with Gasteiger partial charge in [-0.2, -0.15) is 0 Å². The zero-order chi connectivity index (χ0) is 15.3. The molecule has 0 atom stereocenters. The van der Waals surface area contributed by atoms with E-state index in [-0.39, 0.29) is 0 Å². The molecule has 4 heteroatoms. The molecular formula is C16H32O3Si. The smallest absolute Gasteiger partial charge is 0.373 e. The molecule has 0 radical (unpaired) electrons. The summed E-state index contributed by atoms with van der Waals surface area (Å²) >= 11 is 0. The SMILES string of the molecule is C=CC(=C)CCC[Si](OCCC)(OCCC)OCCC. The van der Waals surface area contributed by atoms with E-state index in [1.54, 1.807) is 0 Å². The molecule has 0 aromatic heterocycles. The van der Waals surface area contributed by atoms with E-state index in [0.29, 0.717) is 19.8 Å². The molecule has 0 unspecified atom stereocenters. The van der Waals surface area contributed by atoms with E-state index in [2.05, 4.69) is 33.9 Å². The van der Waals surface area contributed by atoms with Crippen LogP contribution in [0.25, 0.3) is 0 Å². The molecule has 0 amide bonds. The first-order valence-corrected chi connectivity index (χ1v) is 9.79. The summed E-state index contributed by atoms with van der Waals surface area (Å²) in [5.41, 5.74) is 1.06. The van der Waals surface area contributed by atoms with E-state index in [0.717, 1.165) is 43.7 Å². The molecule has 0 aliphatic heterocycles. The van der Waals surface area contributed by atoms with Gasteiger partial charge in [-0.3, -0.25) is 0 Å². The van der Waals surface area contributed by atoms with Gasteiger partial charge in [-0.15, -0.1) is 0 Å². The van der Waals surface area contributed by atoms with E-state index >= 15 is 0 Å². The van der Waals surface area contributed by atoms with E-state index in [1.807, 2.05) is 6.08 Å². The molecule has 0 bridgehead atoms. The molecule has 0 saturated carbocycles. The van der Waals surface area contributed by atoms with Crippen LogP contribution in [0.5, 0.6) is 0 Å². The van der Waals surface area contributed by atoms with Crippen LogP contribution in [-0.2, 0) is 13.3 Å². The van der Waals surface area contributed by atoms with Gasteiger partial charge in [-0.1, -0.05) is 45.6 Å². The molecule has 118 valence electrons. The third-order valence-corrected chi connectivity index (χ3v) is 5.75. The Kier molecular flexibility index (Phi) is 12.1. The third kappa shape index (κ3) is 8.69. The quantitative estimate of drug-likeness (QED) is 0.343. The standard InChI is InChI=1S/C16H32O3Si/c1-6-12-17-20(18-13-7-2,19-14-8-3)15-10-11-16(5)9-4/h9H,4-8,10-15H2,1-3H3. The lowest BCUT2D eigenvalue weighted by atomic mass is 10.2. The van der Waals surface area contributed by atoms with Crippen LogP contribution in [0.1, 0.15) is 52.9 Å². The molecular weight excluding hydrogens is 268 g/mol. The van der Waals surface area contributed by atoms with Crippen molar-refractivity contribution >= 4 is 8.80 Å². The summed E-state index contributed by atoms with van der Waals surface area (Å²) in [6.07, 6.45) is 6.68. The minimum atomic E-state index is -2.51. The fraction of sp³-hybridized carbons (Fsp3) is 0.750. The number of hydrogen-bond donors (Lipinski definition) is 0. The van der Waals surface area contributed by atoms with Crippen molar-refractivity contribution in [3.05, 3.63) is 24.8 Å². The highest BCUT2D eigenvalue weighted by atomic mass is 28.4. The van der Waals surface area contributed by atoms with Crippen molar-refractivity contribution in [2.75, 3.05) is 19.8 Å². The summed E-state index contributed by atoms with van der Waals surface area (Å²) in [6, 6.07) is 0.861. The lowest BCUT2D eigenvalue weighted by molar-refractivity contribution is 0.0588. The van der Waals surface area contributed by atoms with Crippen molar-refractivity contribution < 1.29 is 13.3 Å². The first-order chi connectivity index (χ1) is 9.64. The molecule has 0 aliphatic carbocycles. The van der Waals surface area contributed by atoms with Crippen LogP contribution < -0.4 is 0 Å². The molecule has 0 aliphatic rings. The van der Waals surface area contributed by atoms with Gasteiger partial charge in [0.25, 0.3) is 0 Å². The second-order valence-electron chi connectivity index (χ2n) is 4.94. The van der Waals surface area contributed by atoms with Gasteiger partial charge in [-0.05, 0) is 32.1 Å². The first kappa shape index (κ1) is 19.6. The van der Waals surface area contributed by atoms with Crippen LogP contribution in [0.4, 0.5) is 0 Å². The Balaban J connectivity index is 4.56. The van der Waals surface area contributed by atoms with Gasteiger partial charge in [-0.25, -0.2) is 0 Å². The summed E-state index contributed by atoms with van der Waals surface area (Å²) in [5, 5.41) is 0. The molecule has 0 fully saturated rings. The Morgan fingerprint density at radius 3 is 1.75 bits per heavy atom. The van der Waals surface area contributed by atoms with Gasteiger partial charge in [0.05, 0.1) is 0 Å². The Morgan fingerprint density at radius 1 is 0.950 bits per heavy atom. The maximum Gasteiger partial charge on any atom is 0.500 e. The summed E-state index contributed by atoms with van der Waals surface area (Å²) in [5.74, 6) is 0. The van der Waals surface area contributed by atoms with Crippen LogP contribution >= 0.6 is 0 Å². The highest BCUT2D eigenvalue weighted by Crippen LogP contribution is 2.22. The van der Waals surface area contributed by atoms with E-state index in [4.69, 9.17) is 13.3 Å². The molecule has 0 aromatic rings. The topological polar surface area (TPSA) is 27.7 Å². The van der Waals surface area contributed by atoms with Crippen LogP contribution in [0, 0.1) is 0 Å². The second-order valence-corrected chi connectivity index (χ2v) is 7.68. The third-order valence-electron chi connectivity index (χ3n) is 2.85. The van der Waals surface area contributed by atoms with Crippen LogP contribution in [0.15, 0.2) is 24.8 Å². The monoisotopic (exact) mass is 300 g/mol. The lowest BCUT2D eigenvalue weighted by Crippen LogP contribution is -2.46. The molecule has 0 spiro atoms. The average Bonchev–Trinajstić information content (AvgIpc) is 2.48. The van der Waals surface area contributed by atoms with Crippen molar-refractivity contribution in [3.8, 4) is 0 Å². The lowest BCUT2D eigenvalue weighted by Gasteiger charge is -2.29. The van der Waals surface area contributed by atoms with Gasteiger partial charge in [0, 0.05) is 25.9 Å². The molecule has 0 heterocycles. The summed E-state index contributed by atoms with van der Waals surface area (Å²) in [6.45, 7) is 16.2. The molecule has 0 N–H and O–H groups in total. The Bertz CT molecular complexity index is 245. The van der Waals surface area contributed by atoms with Crippen molar-refractivity contribution in [2.45, 2.75) is 58.9 Å². The van der Waals surface area contributed by atoms with Crippen molar-refractivity contribution in [2.24, 2.45) is 0 Å². The Labute approximate surface area is 126 Å². The fourth-order valence-corrected chi connectivity index (χ4v) is 4.59. The van der Waals surface area contributed by atoms with E-state index < -0.39 is 8.80 Å². The van der Waals surface area contributed by atoms with Crippen molar-refractivity contribution in [1.29, 1.82) is 0 Å². The minimum absolute atomic E-state index is 0.710. The van der Waals surface area contributed by atoms with Crippen LogP contribution in [0.3, 0.4) is 0 Å². The highest BCUT2D eigenvalue weighted by molar-refractivity contribution is 6.60. The van der Waals surface area contributed by atoms with Gasteiger partial charge in [0.2, 0.25) is 0 Å². The number of rotatable bonds is 14. The van der Waals surface area contributed by atoms with Crippen molar-refractivity contribution in [1.82, 2.24) is 0 Å². The summed E-state index contributed by atoms with van der Waals surface area (Å²) in [7, 11) is -2.51. The largest absolute Gasteiger partial charge is 0.500 e. The molecule has 0 rings (SSSR count). The maximum atomic E-state index is 6.04. The maximum absolute atomic E-state index is 6.04. The Hall–Kier alpha value is -0.423. The molecule has 0 saturated heterocycles. The second kappa shape index (κ2) is 12.3. The zero-order valence-electron chi connectivity index (χ0n) is 13.6.